The molecule has 3 rings (SSSR count). The zero-order chi connectivity index (χ0) is 21.3. The molecule has 9 nitrogen and oxygen atoms in total. The topological polar surface area (TPSA) is 106 Å². The molecule has 2 aromatic rings. The summed E-state index contributed by atoms with van der Waals surface area (Å²) in [5, 5.41) is 10.2. The first kappa shape index (κ1) is 21.2. The highest BCUT2D eigenvalue weighted by molar-refractivity contribution is 7.97. The molecule has 1 saturated heterocycles. The van der Waals surface area contributed by atoms with Gasteiger partial charge in [-0.05, 0) is 24.5 Å². The van der Waals surface area contributed by atoms with Gasteiger partial charge in [0.05, 0.1) is 12.8 Å². The first-order valence-corrected chi connectivity index (χ1v) is 10.8. The largest absolute Gasteiger partial charge is 0.501 e. The van der Waals surface area contributed by atoms with Crippen LogP contribution in [0.1, 0.15) is 36.5 Å². The summed E-state index contributed by atoms with van der Waals surface area (Å²) < 4.78 is 7.42. The molecule has 1 N–H and O–H groups in total. The van der Waals surface area contributed by atoms with Gasteiger partial charge >= 0.3 is 11.5 Å². The number of ether oxygens (including phenoxy) is 1. The molecule has 1 aliphatic heterocycles. The van der Waals surface area contributed by atoms with E-state index in [1.165, 1.54) is 16.2 Å². The highest BCUT2D eigenvalue weighted by Gasteiger charge is 2.27. The van der Waals surface area contributed by atoms with E-state index in [0.717, 1.165) is 13.5 Å². The number of amides is 1. The van der Waals surface area contributed by atoms with Crippen LogP contribution in [-0.2, 0) is 21.8 Å². The van der Waals surface area contributed by atoms with Crippen LogP contribution in [0.5, 0.6) is 5.75 Å². The van der Waals surface area contributed by atoms with Crippen LogP contribution in [0.2, 0.25) is 0 Å². The van der Waals surface area contributed by atoms with Crippen LogP contribution < -0.4 is 5.56 Å². The number of methoxy groups -OCH3 is 1. The average Bonchev–Trinajstić information content (AvgIpc) is 3.00. The number of esters is 1. The molecule has 2 unspecified atom stereocenters. The number of rotatable bonds is 5. The number of aromatic hydroxyl groups is 1. The quantitative estimate of drug-likeness (QED) is 0.725. The van der Waals surface area contributed by atoms with E-state index in [1.807, 2.05) is 11.2 Å². The predicted octanol–water partition coefficient (Wildman–Crippen LogP) is 1.36. The molecule has 3 heterocycles. The first-order chi connectivity index (χ1) is 13.8. The van der Waals surface area contributed by atoms with E-state index in [2.05, 4.69) is 23.6 Å². The maximum Gasteiger partial charge on any atom is 0.360 e. The molecular formula is C19H26N4O5S. The molecule has 0 radical (unpaired) electrons. The molecule has 10 heteroatoms. The molecule has 29 heavy (non-hydrogen) atoms. The molecule has 0 spiro atoms. The summed E-state index contributed by atoms with van der Waals surface area (Å²) in [4.78, 5) is 43.6. The lowest BCUT2D eigenvalue weighted by Crippen LogP contribution is -2.44. The van der Waals surface area contributed by atoms with Gasteiger partial charge in [0.2, 0.25) is 17.4 Å². The highest BCUT2D eigenvalue weighted by atomic mass is 32.2. The number of aromatic nitrogens is 3. The highest BCUT2D eigenvalue weighted by Crippen LogP contribution is 2.22. The fourth-order valence-electron chi connectivity index (χ4n) is 3.97. The van der Waals surface area contributed by atoms with Gasteiger partial charge < -0.3 is 19.3 Å². The Labute approximate surface area is 172 Å². The van der Waals surface area contributed by atoms with Gasteiger partial charge in [-0.25, -0.2) is 14.2 Å². The zero-order valence-corrected chi connectivity index (χ0v) is 17.9. The Morgan fingerprint density at radius 1 is 1.31 bits per heavy atom. The van der Waals surface area contributed by atoms with Crippen molar-refractivity contribution in [2.24, 2.45) is 11.8 Å². The predicted molar refractivity (Wildman–Crippen MR) is 109 cm³/mol. The Morgan fingerprint density at radius 3 is 2.55 bits per heavy atom. The van der Waals surface area contributed by atoms with Gasteiger partial charge in [-0.15, -0.1) is 0 Å². The summed E-state index contributed by atoms with van der Waals surface area (Å²) in [6.45, 7) is 5.65. The van der Waals surface area contributed by atoms with Crippen LogP contribution in [0.3, 0.4) is 0 Å². The molecule has 0 aliphatic carbocycles. The first-order valence-electron chi connectivity index (χ1n) is 9.45. The van der Waals surface area contributed by atoms with Crippen LogP contribution in [0.4, 0.5) is 0 Å². The maximum atomic E-state index is 12.9. The molecule has 0 aromatic carbocycles. The van der Waals surface area contributed by atoms with Crippen molar-refractivity contribution in [2.75, 3.05) is 26.5 Å². The van der Waals surface area contributed by atoms with Gasteiger partial charge in [0, 0.05) is 25.0 Å². The minimum atomic E-state index is -0.911. The number of likely N-dealkylation sites (tertiary alicyclic amines) is 1. The summed E-state index contributed by atoms with van der Waals surface area (Å²) >= 11 is 1.49. The summed E-state index contributed by atoms with van der Waals surface area (Å²) in [5.74, 6) is -0.277. The van der Waals surface area contributed by atoms with E-state index >= 15 is 0 Å². The Hall–Kier alpha value is -2.49. The summed E-state index contributed by atoms with van der Waals surface area (Å²) in [7, 11) is 1.14. The number of fused-ring (bicyclic) bond motifs is 1. The second-order valence-corrected chi connectivity index (χ2v) is 8.53. The zero-order valence-electron chi connectivity index (χ0n) is 17.0. The van der Waals surface area contributed by atoms with Gasteiger partial charge in [-0.2, -0.15) is 11.8 Å². The number of piperidine rings is 1. The van der Waals surface area contributed by atoms with Gasteiger partial charge in [-0.1, -0.05) is 13.8 Å². The average molecular weight is 423 g/mol. The fraction of sp³-hybridized carbons (Fsp3) is 0.579. The van der Waals surface area contributed by atoms with Gasteiger partial charge in [-0.3, -0.25) is 9.59 Å². The van der Waals surface area contributed by atoms with Crippen molar-refractivity contribution in [3.05, 3.63) is 27.9 Å². The summed E-state index contributed by atoms with van der Waals surface area (Å²) in [5.41, 5.74) is -0.629. The Kier molecular flexibility index (Phi) is 6.21. The number of imidazole rings is 1. The van der Waals surface area contributed by atoms with E-state index < -0.39 is 23.0 Å². The molecule has 0 bridgehead atoms. The SMILES string of the molecule is COC(=O)c1nc2n(CC(=O)N3CC(C)CC(C)C3)cc(CSC)n2c(=O)c1O. The van der Waals surface area contributed by atoms with Crippen LogP contribution >= 0.6 is 11.8 Å². The molecular weight excluding hydrogens is 396 g/mol. The van der Waals surface area contributed by atoms with Gasteiger partial charge in [0.15, 0.2) is 5.69 Å². The molecule has 2 atom stereocenters. The van der Waals surface area contributed by atoms with E-state index in [1.54, 1.807) is 10.8 Å². The van der Waals surface area contributed by atoms with Crippen molar-refractivity contribution < 1.29 is 19.4 Å². The van der Waals surface area contributed by atoms with Crippen LogP contribution in [-0.4, -0.2) is 62.3 Å². The van der Waals surface area contributed by atoms with Crippen LogP contribution in [0.25, 0.3) is 5.78 Å². The number of nitrogens with zero attached hydrogens (tertiary/aromatic N) is 4. The lowest BCUT2D eigenvalue weighted by Gasteiger charge is -2.35. The molecule has 1 aliphatic rings. The van der Waals surface area contributed by atoms with Crippen LogP contribution in [0.15, 0.2) is 11.0 Å². The number of hydrogen-bond acceptors (Lipinski definition) is 7. The Morgan fingerprint density at radius 2 is 1.97 bits per heavy atom. The van der Waals surface area contributed by atoms with Crippen molar-refractivity contribution in [2.45, 2.75) is 32.6 Å². The van der Waals surface area contributed by atoms with Crippen molar-refractivity contribution in [3.8, 4) is 5.75 Å². The van der Waals surface area contributed by atoms with Crippen molar-refractivity contribution >= 4 is 29.4 Å². The third-order valence-electron chi connectivity index (χ3n) is 5.09. The monoisotopic (exact) mass is 422 g/mol. The number of carbonyl (C=O) groups excluding carboxylic acids is 2. The van der Waals surface area contributed by atoms with Crippen molar-refractivity contribution in [1.29, 1.82) is 0 Å². The minimum Gasteiger partial charge on any atom is -0.501 e. The molecule has 2 aromatic heterocycles. The Bertz CT molecular complexity index is 989. The van der Waals surface area contributed by atoms with Gasteiger partial charge in [0.25, 0.3) is 0 Å². The molecule has 158 valence electrons. The maximum absolute atomic E-state index is 12.9. The Balaban J connectivity index is 2.05. The standard InChI is InChI=1S/C19H26N4O5S/c1-11-5-12(2)7-21(6-11)14(24)9-22-8-13(10-29-4)23-17(26)16(25)15(18(27)28-3)20-19(22)23/h8,11-12,25H,5-7,9-10H2,1-4H3. The fourth-order valence-corrected chi connectivity index (χ4v) is 4.46. The molecule has 1 fully saturated rings. The number of carbonyl (C=O) groups is 2. The van der Waals surface area contributed by atoms with Crippen LogP contribution in [0, 0.1) is 11.8 Å². The summed E-state index contributed by atoms with van der Waals surface area (Å²) in [6, 6.07) is 0. The third kappa shape index (κ3) is 4.12. The van der Waals surface area contributed by atoms with E-state index in [4.69, 9.17) is 0 Å². The third-order valence-corrected chi connectivity index (χ3v) is 5.67. The minimum absolute atomic E-state index is 0.00481. The second kappa shape index (κ2) is 8.48. The summed E-state index contributed by atoms with van der Waals surface area (Å²) in [6.07, 6.45) is 4.65. The smallest absolute Gasteiger partial charge is 0.360 e. The van der Waals surface area contributed by atoms with Crippen molar-refractivity contribution in [3.63, 3.8) is 0 Å². The second-order valence-electron chi connectivity index (χ2n) is 7.67. The van der Waals surface area contributed by atoms with Crippen molar-refractivity contribution in [1.82, 2.24) is 18.9 Å². The van der Waals surface area contributed by atoms with E-state index in [0.29, 0.717) is 36.4 Å². The van der Waals surface area contributed by atoms with E-state index in [9.17, 15) is 19.5 Å². The number of hydrogen-bond donors (Lipinski definition) is 1. The molecule has 1 amide bonds. The number of thioether (sulfide) groups is 1. The lowest BCUT2D eigenvalue weighted by molar-refractivity contribution is -0.134. The lowest BCUT2D eigenvalue weighted by atomic mass is 9.92. The normalized spacial score (nSPS) is 19.5. The van der Waals surface area contributed by atoms with E-state index in [-0.39, 0.29) is 18.2 Å². The molecule has 0 saturated carbocycles. The van der Waals surface area contributed by atoms with Gasteiger partial charge in [0.1, 0.15) is 6.54 Å².